The highest BCUT2D eigenvalue weighted by Gasteiger charge is 2.27. The van der Waals surface area contributed by atoms with E-state index >= 15 is 0 Å². The van der Waals surface area contributed by atoms with Crippen molar-refractivity contribution >= 4 is 21.6 Å². The minimum absolute atomic E-state index is 0.0994. The molecule has 3 aromatic carbocycles. The molecule has 0 aliphatic carbocycles. The molecule has 0 saturated heterocycles. The van der Waals surface area contributed by atoms with Gasteiger partial charge >= 0.3 is 0 Å². The van der Waals surface area contributed by atoms with Crippen LogP contribution in [0.1, 0.15) is 31.4 Å². The highest BCUT2D eigenvalue weighted by molar-refractivity contribution is 7.92. The number of anilines is 1. The number of amides is 1. The Morgan fingerprint density at radius 2 is 1.69 bits per heavy atom. The first-order valence-electron chi connectivity index (χ1n) is 12.0. The Morgan fingerprint density at radius 1 is 1.00 bits per heavy atom. The molecule has 36 heavy (non-hydrogen) atoms. The maximum absolute atomic E-state index is 13.5. The molecule has 3 aromatic rings. The first-order valence-corrected chi connectivity index (χ1v) is 13.4. The van der Waals surface area contributed by atoms with Crippen LogP contribution in [0.3, 0.4) is 0 Å². The van der Waals surface area contributed by atoms with Gasteiger partial charge in [-0.1, -0.05) is 30.3 Å². The van der Waals surface area contributed by atoms with Crippen LogP contribution >= 0.6 is 0 Å². The van der Waals surface area contributed by atoms with Crippen molar-refractivity contribution in [1.82, 2.24) is 5.32 Å². The molecule has 1 amide bonds. The standard InChI is InChI=1S/C28H34N2O5S/c1-21(2)35-25-14-12-23(13-15-25)9-8-18-29-28(31)20-30(24-10-6-5-7-11-24)36(32,33)26-16-17-27(34-4)22(3)19-26/h5-7,10-17,19,21H,8-9,18,20H2,1-4H3,(H,29,31). The third kappa shape index (κ3) is 7.24. The fraction of sp³-hybridized carbons (Fsp3) is 0.321. The molecule has 7 nitrogen and oxygen atoms in total. The Kier molecular flexibility index (Phi) is 9.36. The Morgan fingerprint density at radius 3 is 2.31 bits per heavy atom. The van der Waals surface area contributed by atoms with E-state index in [0.29, 0.717) is 23.5 Å². The number of nitrogens with one attached hydrogen (secondary N) is 1. The predicted molar refractivity (Wildman–Crippen MR) is 142 cm³/mol. The zero-order valence-electron chi connectivity index (χ0n) is 21.2. The third-order valence-corrected chi connectivity index (χ3v) is 7.32. The summed E-state index contributed by atoms with van der Waals surface area (Å²) in [6.07, 6.45) is 1.64. The van der Waals surface area contributed by atoms with Crippen molar-refractivity contribution in [2.24, 2.45) is 0 Å². The lowest BCUT2D eigenvalue weighted by Gasteiger charge is -2.24. The van der Waals surface area contributed by atoms with Crippen molar-refractivity contribution in [2.45, 2.75) is 44.6 Å². The summed E-state index contributed by atoms with van der Waals surface area (Å²) in [5.41, 5.74) is 2.26. The van der Waals surface area contributed by atoms with E-state index in [-0.39, 0.29) is 23.5 Å². The average Bonchev–Trinajstić information content (AvgIpc) is 2.86. The Balaban J connectivity index is 1.64. The van der Waals surface area contributed by atoms with Crippen LogP contribution < -0.4 is 19.1 Å². The second-order valence-electron chi connectivity index (χ2n) is 8.74. The molecule has 0 saturated carbocycles. The van der Waals surface area contributed by atoms with Crippen LogP contribution in [0.4, 0.5) is 5.69 Å². The van der Waals surface area contributed by atoms with E-state index in [1.807, 2.05) is 38.1 Å². The van der Waals surface area contributed by atoms with E-state index in [1.54, 1.807) is 49.4 Å². The van der Waals surface area contributed by atoms with Gasteiger partial charge in [0.1, 0.15) is 18.0 Å². The van der Waals surface area contributed by atoms with Gasteiger partial charge in [-0.15, -0.1) is 0 Å². The van der Waals surface area contributed by atoms with Crippen molar-refractivity contribution in [3.63, 3.8) is 0 Å². The lowest BCUT2D eigenvalue weighted by atomic mass is 10.1. The van der Waals surface area contributed by atoms with Crippen LogP contribution in [0.25, 0.3) is 0 Å². The number of sulfonamides is 1. The number of carbonyl (C=O) groups excluding carboxylic acids is 1. The summed E-state index contributed by atoms with van der Waals surface area (Å²) in [6, 6.07) is 21.2. The molecule has 0 atom stereocenters. The molecule has 0 heterocycles. The molecule has 1 N–H and O–H groups in total. The third-order valence-electron chi connectivity index (χ3n) is 5.55. The predicted octanol–water partition coefficient (Wildman–Crippen LogP) is 4.74. The summed E-state index contributed by atoms with van der Waals surface area (Å²) < 4.78 is 39.1. The van der Waals surface area contributed by atoms with Crippen LogP contribution in [0.15, 0.2) is 77.7 Å². The molecule has 3 rings (SSSR count). The van der Waals surface area contributed by atoms with E-state index in [9.17, 15) is 13.2 Å². The van der Waals surface area contributed by atoms with Gasteiger partial charge in [-0.3, -0.25) is 9.10 Å². The topological polar surface area (TPSA) is 84.9 Å². The molecular formula is C28H34N2O5S. The number of benzene rings is 3. The summed E-state index contributed by atoms with van der Waals surface area (Å²) in [4.78, 5) is 12.9. The van der Waals surface area contributed by atoms with Crippen molar-refractivity contribution < 1.29 is 22.7 Å². The number of carbonyl (C=O) groups is 1. The average molecular weight is 511 g/mol. The number of ether oxygens (including phenoxy) is 2. The number of para-hydroxylation sites is 1. The van der Waals surface area contributed by atoms with Gasteiger partial charge in [-0.25, -0.2) is 8.42 Å². The first kappa shape index (κ1) is 27.1. The summed E-state index contributed by atoms with van der Waals surface area (Å²) in [7, 11) is -2.44. The van der Waals surface area contributed by atoms with E-state index in [0.717, 1.165) is 28.5 Å². The normalized spacial score (nSPS) is 11.2. The lowest BCUT2D eigenvalue weighted by molar-refractivity contribution is -0.119. The van der Waals surface area contributed by atoms with E-state index < -0.39 is 10.0 Å². The molecule has 0 radical (unpaired) electrons. The number of rotatable bonds is 12. The molecule has 0 aromatic heterocycles. The number of hydrogen-bond acceptors (Lipinski definition) is 5. The molecule has 0 bridgehead atoms. The molecule has 0 unspecified atom stereocenters. The van der Waals surface area contributed by atoms with E-state index in [4.69, 9.17) is 9.47 Å². The molecule has 0 aliphatic heterocycles. The van der Waals surface area contributed by atoms with Gasteiger partial charge < -0.3 is 14.8 Å². The van der Waals surface area contributed by atoms with Crippen molar-refractivity contribution in [3.05, 3.63) is 83.9 Å². The largest absolute Gasteiger partial charge is 0.496 e. The van der Waals surface area contributed by atoms with Crippen molar-refractivity contribution in [2.75, 3.05) is 24.5 Å². The maximum Gasteiger partial charge on any atom is 0.264 e. The number of methoxy groups -OCH3 is 1. The van der Waals surface area contributed by atoms with Crippen LogP contribution in [0, 0.1) is 6.92 Å². The SMILES string of the molecule is COc1ccc(S(=O)(=O)N(CC(=O)NCCCc2ccc(OC(C)C)cc2)c2ccccc2)cc1C. The van der Waals surface area contributed by atoms with Gasteiger partial charge in [0.2, 0.25) is 5.91 Å². The zero-order chi connectivity index (χ0) is 26.1. The van der Waals surface area contributed by atoms with Gasteiger partial charge in [0.25, 0.3) is 10.0 Å². The highest BCUT2D eigenvalue weighted by atomic mass is 32.2. The molecule has 0 fully saturated rings. The summed E-state index contributed by atoms with van der Waals surface area (Å²) in [6.45, 7) is 5.87. The van der Waals surface area contributed by atoms with Gasteiger partial charge in [0.15, 0.2) is 0 Å². The monoisotopic (exact) mass is 510 g/mol. The number of hydrogen-bond donors (Lipinski definition) is 1. The smallest absolute Gasteiger partial charge is 0.264 e. The quantitative estimate of drug-likeness (QED) is 0.356. The van der Waals surface area contributed by atoms with E-state index in [2.05, 4.69) is 5.32 Å². The second kappa shape index (κ2) is 12.4. The zero-order valence-corrected chi connectivity index (χ0v) is 22.0. The minimum atomic E-state index is -3.98. The van der Waals surface area contributed by atoms with Crippen LogP contribution in [-0.4, -0.2) is 40.6 Å². The maximum atomic E-state index is 13.5. The highest BCUT2D eigenvalue weighted by Crippen LogP contribution is 2.27. The van der Waals surface area contributed by atoms with Crippen LogP contribution in [0.2, 0.25) is 0 Å². The van der Waals surface area contributed by atoms with Crippen LogP contribution in [-0.2, 0) is 21.2 Å². The number of nitrogens with zero attached hydrogens (tertiary/aromatic N) is 1. The summed E-state index contributed by atoms with van der Waals surface area (Å²) >= 11 is 0. The fourth-order valence-electron chi connectivity index (χ4n) is 3.76. The van der Waals surface area contributed by atoms with Crippen molar-refractivity contribution in [1.29, 1.82) is 0 Å². The molecular weight excluding hydrogens is 476 g/mol. The van der Waals surface area contributed by atoms with E-state index in [1.165, 1.54) is 13.2 Å². The van der Waals surface area contributed by atoms with Crippen molar-refractivity contribution in [3.8, 4) is 11.5 Å². The van der Waals surface area contributed by atoms with Gasteiger partial charge in [0, 0.05) is 6.54 Å². The van der Waals surface area contributed by atoms with Gasteiger partial charge in [-0.05, 0) is 87.2 Å². The Labute approximate surface area is 214 Å². The summed E-state index contributed by atoms with van der Waals surface area (Å²) in [5.74, 6) is 1.06. The first-order chi connectivity index (χ1) is 17.2. The fourth-order valence-corrected chi connectivity index (χ4v) is 5.27. The summed E-state index contributed by atoms with van der Waals surface area (Å²) in [5, 5.41) is 2.85. The lowest BCUT2D eigenvalue weighted by Crippen LogP contribution is -2.41. The van der Waals surface area contributed by atoms with Gasteiger partial charge in [-0.2, -0.15) is 0 Å². The minimum Gasteiger partial charge on any atom is -0.496 e. The molecule has 0 spiro atoms. The second-order valence-corrected chi connectivity index (χ2v) is 10.6. The Hall–Kier alpha value is -3.52. The Bertz CT molecular complexity index is 1240. The molecule has 8 heteroatoms. The number of aryl methyl sites for hydroxylation is 2. The van der Waals surface area contributed by atoms with Crippen LogP contribution in [0.5, 0.6) is 11.5 Å². The molecule has 0 aliphatic rings. The molecule has 192 valence electrons. The van der Waals surface area contributed by atoms with Gasteiger partial charge in [0.05, 0.1) is 23.8 Å².